The van der Waals surface area contributed by atoms with Crippen LogP contribution in [0.5, 0.6) is 0 Å². The van der Waals surface area contributed by atoms with Crippen molar-refractivity contribution in [3.63, 3.8) is 0 Å². The van der Waals surface area contributed by atoms with E-state index in [-0.39, 0.29) is 0 Å². The highest BCUT2D eigenvalue weighted by Gasteiger charge is 2.27. The molecule has 0 unspecified atom stereocenters. The van der Waals surface area contributed by atoms with Crippen molar-refractivity contribution in [1.29, 1.82) is 0 Å². The molecule has 1 heterocycles. The van der Waals surface area contributed by atoms with Gasteiger partial charge in [-0.1, -0.05) is 0 Å². The van der Waals surface area contributed by atoms with Gasteiger partial charge < -0.3 is 10.5 Å². The molecule has 1 fully saturated rings. The summed E-state index contributed by atoms with van der Waals surface area (Å²) in [5, 5.41) is 0. The minimum atomic E-state index is 0.324. The topological polar surface area (TPSA) is 47.6 Å². The fourth-order valence-electron chi connectivity index (χ4n) is 1.05. The summed E-state index contributed by atoms with van der Waals surface area (Å²) in [6.07, 6.45) is 4.54. The molecule has 0 spiro atoms. The molecule has 0 aromatic rings. The zero-order valence-corrected chi connectivity index (χ0v) is 5.71. The second kappa shape index (κ2) is 2.01. The zero-order chi connectivity index (χ0) is 6.97. The molecule has 0 aromatic heterocycles. The maximum atomic E-state index is 5.38. The Morgan fingerprint density at radius 3 is 3.00 bits per heavy atom. The second-order valence-electron chi connectivity index (χ2n) is 2.66. The van der Waals surface area contributed by atoms with E-state index >= 15 is 0 Å². The summed E-state index contributed by atoms with van der Waals surface area (Å²) in [6.45, 7) is 0.598. The average molecular weight is 138 g/mol. The number of hydrogen-bond donors (Lipinski definition) is 1. The van der Waals surface area contributed by atoms with Crippen LogP contribution in [0.15, 0.2) is 16.8 Å². The SMILES string of the molecule is NC1=NC(C2CC2)=CCO1. The highest BCUT2D eigenvalue weighted by atomic mass is 16.5. The van der Waals surface area contributed by atoms with Crippen LogP contribution >= 0.6 is 0 Å². The zero-order valence-electron chi connectivity index (χ0n) is 5.71. The van der Waals surface area contributed by atoms with Crippen LogP contribution in [0.4, 0.5) is 0 Å². The van der Waals surface area contributed by atoms with E-state index in [2.05, 4.69) is 4.99 Å². The standard InChI is InChI=1S/C7H10N2O/c8-7-9-6(3-4-10-7)5-1-2-5/h3,5H,1-2,4H2,(H2,8,9). The molecule has 0 aromatic carbocycles. The largest absolute Gasteiger partial charge is 0.461 e. The first kappa shape index (κ1) is 5.77. The number of hydrogen-bond acceptors (Lipinski definition) is 3. The molecule has 3 nitrogen and oxygen atoms in total. The summed E-state index contributed by atoms with van der Waals surface area (Å²) in [4.78, 5) is 4.08. The van der Waals surface area contributed by atoms with Crippen molar-refractivity contribution in [3.8, 4) is 0 Å². The fourth-order valence-corrected chi connectivity index (χ4v) is 1.05. The number of nitrogens with zero attached hydrogens (tertiary/aromatic N) is 1. The molecule has 0 radical (unpaired) electrons. The van der Waals surface area contributed by atoms with Gasteiger partial charge in [0.2, 0.25) is 0 Å². The number of allylic oxidation sites excluding steroid dienone is 1. The minimum absolute atomic E-state index is 0.324. The molecule has 1 aliphatic carbocycles. The van der Waals surface area contributed by atoms with Gasteiger partial charge in [-0.05, 0) is 18.9 Å². The van der Waals surface area contributed by atoms with Gasteiger partial charge in [-0.3, -0.25) is 0 Å². The molecule has 2 aliphatic rings. The average Bonchev–Trinajstić information content (AvgIpc) is 2.68. The van der Waals surface area contributed by atoms with Gasteiger partial charge in [0.1, 0.15) is 6.61 Å². The third kappa shape index (κ3) is 0.988. The Morgan fingerprint density at radius 1 is 1.60 bits per heavy atom. The number of aliphatic imine (C=N–C) groups is 1. The molecule has 0 amide bonds. The molecule has 2 rings (SSSR count). The lowest BCUT2D eigenvalue weighted by molar-refractivity contribution is 0.335. The Bertz CT molecular complexity index is 204. The van der Waals surface area contributed by atoms with Crippen molar-refractivity contribution in [3.05, 3.63) is 11.8 Å². The van der Waals surface area contributed by atoms with Crippen molar-refractivity contribution in [2.45, 2.75) is 12.8 Å². The van der Waals surface area contributed by atoms with Crippen molar-refractivity contribution < 1.29 is 4.74 Å². The maximum absolute atomic E-state index is 5.38. The molecular formula is C7H10N2O. The van der Waals surface area contributed by atoms with E-state index in [1.54, 1.807) is 0 Å². The number of rotatable bonds is 1. The normalized spacial score (nSPS) is 24.8. The van der Waals surface area contributed by atoms with Crippen LogP contribution < -0.4 is 5.73 Å². The summed E-state index contributed by atoms with van der Waals surface area (Å²) < 4.78 is 4.94. The lowest BCUT2D eigenvalue weighted by Gasteiger charge is -2.09. The van der Waals surface area contributed by atoms with E-state index in [1.165, 1.54) is 12.8 Å². The molecule has 2 N–H and O–H groups in total. The van der Waals surface area contributed by atoms with Crippen LogP contribution in [0.2, 0.25) is 0 Å². The molecule has 1 saturated carbocycles. The Kier molecular flexibility index (Phi) is 1.16. The number of nitrogens with two attached hydrogens (primary N) is 1. The molecule has 54 valence electrons. The Hall–Kier alpha value is -0.990. The van der Waals surface area contributed by atoms with Gasteiger partial charge in [0, 0.05) is 11.6 Å². The summed E-state index contributed by atoms with van der Waals surface area (Å²) in [6, 6.07) is 0.324. The molecule has 0 atom stereocenters. The van der Waals surface area contributed by atoms with Gasteiger partial charge in [-0.15, -0.1) is 0 Å². The molecule has 3 heteroatoms. The monoisotopic (exact) mass is 138 g/mol. The van der Waals surface area contributed by atoms with Crippen LogP contribution in [0.3, 0.4) is 0 Å². The summed E-state index contributed by atoms with van der Waals surface area (Å²) >= 11 is 0. The third-order valence-electron chi connectivity index (χ3n) is 1.76. The number of amidine groups is 1. The quantitative estimate of drug-likeness (QED) is 0.577. The van der Waals surface area contributed by atoms with Gasteiger partial charge in [-0.2, -0.15) is 0 Å². The van der Waals surface area contributed by atoms with Crippen LogP contribution in [0, 0.1) is 5.92 Å². The summed E-state index contributed by atoms with van der Waals surface area (Å²) in [5.41, 5.74) is 6.51. The van der Waals surface area contributed by atoms with E-state index in [1.807, 2.05) is 6.08 Å². The van der Waals surface area contributed by atoms with E-state index < -0.39 is 0 Å². The Labute approximate surface area is 59.6 Å². The van der Waals surface area contributed by atoms with Crippen LogP contribution in [0.1, 0.15) is 12.8 Å². The van der Waals surface area contributed by atoms with Crippen LogP contribution in [-0.2, 0) is 4.74 Å². The van der Waals surface area contributed by atoms with Crippen molar-refractivity contribution in [2.24, 2.45) is 16.6 Å². The van der Waals surface area contributed by atoms with E-state index in [4.69, 9.17) is 10.5 Å². The first-order valence-corrected chi connectivity index (χ1v) is 3.53. The first-order valence-electron chi connectivity index (χ1n) is 3.53. The predicted molar refractivity (Wildman–Crippen MR) is 38.4 cm³/mol. The molecule has 0 saturated heterocycles. The lowest BCUT2D eigenvalue weighted by atomic mass is 10.3. The van der Waals surface area contributed by atoms with Crippen LogP contribution in [0.25, 0.3) is 0 Å². The van der Waals surface area contributed by atoms with Crippen molar-refractivity contribution in [2.75, 3.05) is 6.61 Å². The highest BCUT2D eigenvalue weighted by Crippen LogP contribution is 2.37. The summed E-state index contributed by atoms with van der Waals surface area (Å²) in [5.74, 6) is 0.683. The maximum Gasteiger partial charge on any atom is 0.287 e. The van der Waals surface area contributed by atoms with Crippen molar-refractivity contribution in [1.82, 2.24) is 0 Å². The Morgan fingerprint density at radius 2 is 2.40 bits per heavy atom. The smallest absolute Gasteiger partial charge is 0.287 e. The van der Waals surface area contributed by atoms with Gasteiger partial charge in [0.05, 0.1) is 0 Å². The Balaban J connectivity index is 2.12. The fraction of sp³-hybridized carbons (Fsp3) is 0.571. The van der Waals surface area contributed by atoms with Crippen LogP contribution in [-0.4, -0.2) is 12.6 Å². The molecule has 1 aliphatic heterocycles. The lowest BCUT2D eigenvalue weighted by Crippen LogP contribution is -2.19. The van der Waals surface area contributed by atoms with Crippen molar-refractivity contribution >= 4 is 6.02 Å². The van der Waals surface area contributed by atoms with Gasteiger partial charge in [0.25, 0.3) is 6.02 Å². The van der Waals surface area contributed by atoms with Gasteiger partial charge in [-0.25, -0.2) is 4.99 Å². The minimum Gasteiger partial charge on any atom is -0.461 e. The van der Waals surface area contributed by atoms with Gasteiger partial charge >= 0.3 is 0 Å². The molecule has 0 bridgehead atoms. The molecular weight excluding hydrogens is 128 g/mol. The number of ether oxygens (including phenoxy) is 1. The molecule has 10 heavy (non-hydrogen) atoms. The van der Waals surface area contributed by atoms with E-state index in [0.29, 0.717) is 18.5 Å². The predicted octanol–water partition coefficient (Wildman–Crippen LogP) is 0.625. The third-order valence-corrected chi connectivity index (χ3v) is 1.76. The van der Waals surface area contributed by atoms with E-state index in [9.17, 15) is 0 Å². The van der Waals surface area contributed by atoms with Gasteiger partial charge in [0.15, 0.2) is 0 Å². The first-order chi connectivity index (χ1) is 4.86. The highest BCUT2D eigenvalue weighted by molar-refractivity contribution is 5.73. The van der Waals surface area contributed by atoms with E-state index in [0.717, 1.165) is 5.70 Å². The second-order valence-corrected chi connectivity index (χ2v) is 2.66. The summed E-state index contributed by atoms with van der Waals surface area (Å²) in [7, 11) is 0.